The van der Waals surface area contributed by atoms with Crippen molar-refractivity contribution in [3.05, 3.63) is 65.2 Å². The van der Waals surface area contributed by atoms with Gasteiger partial charge in [-0.2, -0.15) is 0 Å². The molecule has 136 valence electrons. The van der Waals surface area contributed by atoms with E-state index in [0.717, 1.165) is 16.8 Å². The van der Waals surface area contributed by atoms with Gasteiger partial charge in [-0.3, -0.25) is 9.59 Å². The zero-order valence-corrected chi connectivity index (χ0v) is 15.7. The van der Waals surface area contributed by atoms with E-state index in [2.05, 4.69) is 31.3 Å². The zero-order chi connectivity index (χ0) is 18.7. The summed E-state index contributed by atoms with van der Waals surface area (Å²) in [7, 11) is 0. The van der Waals surface area contributed by atoms with Gasteiger partial charge >= 0.3 is 0 Å². The average molecular weight is 350 g/mol. The Morgan fingerprint density at radius 3 is 2.58 bits per heavy atom. The second-order valence-corrected chi connectivity index (χ2v) is 7.28. The second-order valence-electron chi connectivity index (χ2n) is 7.28. The molecule has 0 bridgehead atoms. The highest BCUT2D eigenvalue weighted by Gasteiger charge is 2.37. The van der Waals surface area contributed by atoms with Gasteiger partial charge < -0.3 is 10.2 Å². The Kier molecular flexibility index (Phi) is 5.40. The van der Waals surface area contributed by atoms with Gasteiger partial charge in [-0.05, 0) is 42.5 Å². The van der Waals surface area contributed by atoms with Gasteiger partial charge in [0, 0.05) is 18.8 Å². The summed E-state index contributed by atoms with van der Waals surface area (Å²) >= 11 is 0. The third-order valence-corrected chi connectivity index (χ3v) is 4.94. The average Bonchev–Trinajstić information content (AvgIpc) is 3.01. The number of nitrogens with zero attached hydrogens (tertiary/aromatic N) is 1. The van der Waals surface area contributed by atoms with E-state index in [4.69, 9.17) is 0 Å². The highest BCUT2D eigenvalue weighted by molar-refractivity contribution is 6.09. The van der Waals surface area contributed by atoms with Crippen molar-refractivity contribution in [3.8, 4) is 0 Å². The number of anilines is 1. The number of aryl methyl sites for hydroxylation is 1. The normalized spacial score (nSPS) is 17.0. The van der Waals surface area contributed by atoms with Crippen LogP contribution in [0.25, 0.3) is 0 Å². The fourth-order valence-electron chi connectivity index (χ4n) is 3.35. The molecule has 3 rings (SSSR count). The van der Waals surface area contributed by atoms with Crippen molar-refractivity contribution in [1.82, 2.24) is 5.32 Å². The molecule has 0 aromatic heterocycles. The fraction of sp³-hybridized carbons (Fsp3) is 0.364. The van der Waals surface area contributed by atoms with Gasteiger partial charge in [-0.1, -0.05) is 55.8 Å². The predicted octanol–water partition coefficient (Wildman–Crippen LogP) is 3.79. The van der Waals surface area contributed by atoms with Crippen molar-refractivity contribution < 1.29 is 9.59 Å². The standard InChI is InChI=1S/C22H26N2O2/c1-15(2)18-7-9-19(10-8-18)24-12-11-20(22(24)26)21(25)23-14-17-6-4-5-16(3)13-17/h4-10,13,15,20H,11-12,14H2,1-3H3,(H,23,25). The summed E-state index contributed by atoms with van der Waals surface area (Å²) in [5.41, 5.74) is 4.32. The van der Waals surface area contributed by atoms with E-state index in [1.54, 1.807) is 4.90 Å². The first kappa shape index (κ1) is 18.2. The quantitative estimate of drug-likeness (QED) is 0.834. The number of hydrogen-bond acceptors (Lipinski definition) is 2. The number of benzene rings is 2. The van der Waals surface area contributed by atoms with Gasteiger partial charge in [0.1, 0.15) is 5.92 Å². The highest BCUT2D eigenvalue weighted by Crippen LogP contribution is 2.27. The van der Waals surface area contributed by atoms with Crippen LogP contribution in [0.2, 0.25) is 0 Å². The fourth-order valence-corrected chi connectivity index (χ4v) is 3.35. The van der Waals surface area contributed by atoms with Crippen molar-refractivity contribution in [3.63, 3.8) is 0 Å². The topological polar surface area (TPSA) is 49.4 Å². The summed E-state index contributed by atoms with van der Waals surface area (Å²) in [6.07, 6.45) is 0.560. The van der Waals surface area contributed by atoms with E-state index in [1.807, 2.05) is 43.3 Å². The van der Waals surface area contributed by atoms with Gasteiger partial charge in [0.25, 0.3) is 0 Å². The maximum Gasteiger partial charge on any atom is 0.239 e. The molecule has 1 unspecified atom stereocenters. The second kappa shape index (κ2) is 7.73. The number of amides is 2. The number of nitrogens with one attached hydrogen (secondary N) is 1. The monoisotopic (exact) mass is 350 g/mol. The molecule has 2 aromatic carbocycles. The predicted molar refractivity (Wildman–Crippen MR) is 104 cm³/mol. The Bertz CT molecular complexity index is 796. The molecule has 2 aromatic rings. The van der Waals surface area contributed by atoms with Crippen LogP contribution in [0, 0.1) is 12.8 Å². The lowest BCUT2D eigenvalue weighted by atomic mass is 10.0. The molecular formula is C22H26N2O2. The van der Waals surface area contributed by atoms with Crippen LogP contribution in [0.15, 0.2) is 48.5 Å². The Balaban J connectivity index is 1.62. The third-order valence-electron chi connectivity index (χ3n) is 4.94. The van der Waals surface area contributed by atoms with Gasteiger partial charge in [-0.25, -0.2) is 0 Å². The molecule has 2 amide bonds. The molecule has 1 fully saturated rings. The van der Waals surface area contributed by atoms with Gasteiger partial charge in [0.15, 0.2) is 0 Å². The van der Waals surface area contributed by atoms with E-state index < -0.39 is 5.92 Å². The molecule has 0 radical (unpaired) electrons. The molecule has 1 N–H and O–H groups in total. The Labute approximate surface area is 155 Å². The van der Waals surface area contributed by atoms with Crippen LogP contribution in [0.4, 0.5) is 5.69 Å². The van der Waals surface area contributed by atoms with Gasteiger partial charge in [-0.15, -0.1) is 0 Å². The summed E-state index contributed by atoms with van der Waals surface area (Å²) in [6.45, 7) is 7.35. The maximum atomic E-state index is 12.7. The molecule has 1 saturated heterocycles. The van der Waals surface area contributed by atoms with Crippen molar-refractivity contribution in [2.75, 3.05) is 11.4 Å². The molecule has 4 heteroatoms. The number of carbonyl (C=O) groups is 2. The van der Waals surface area contributed by atoms with Crippen LogP contribution >= 0.6 is 0 Å². The minimum atomic E-state index is -0.593. The molecule has 26 heavy (non-hydrogen) atoms. The van der Waals surface area contributed by atoms with Crippen LogP contribution in [0.3, 0.4) is 0 Å². The molecule has 1 aliphatic heterocycles. The Morgan fingerprint density at radius 2 is 1.92 bits per heavy atom. The molecule has 4 nitrogen and oxygen atoms in total. The van der Waals surface area contributed by atoms with Gasteiger partial charge in [0.2, 0.25) is 11.8 Å². The molecule has 0 spiro atoms. The summed E-state index contributed by atoms with van der Waals surface area (Å²) < 4.78 is 0. The van der Waals surface area contributed by atoms with E-state index in [1.165, 1.54) is 5.56 Å². The van der Waals surface area contributed by atoms with Crippen LogP contribution < -0.4 is 10.2 Å². The summed E-state index contributed by atoms with van der Waals surface area (Å²) in [6, 6.07) is 16.1. The first-order valence-corrected chi connectivity index (χ1v) is 9.20. The number of rotatable bonds is 5. The van der Waals surface area contributed by atoms with Crippen LogP contribution in [-0.2, 0) is 16.1 Å². The molecule has 1 atom stereocenters. The zero-order valence-electron chi connectivity index (χ0n) is 15.7. The largest absolute Gasteiger partial charge is 0.351 e. The Hall–Kier alpha value is -2.62. The maximum absolute atomic E-state index is 12.7. The molecule has 1 aliphatic rings. The van der Waals surface area contributed by atoms with E-state index in [-0.39, 0.29) is 11.8 Å². The number of hydrogen-bond donors (Lipinski definition) is 1. The van der Waals surface area contributed by atoms with Crippen LogP contribution in [0.5, 0.6) is 0 Å². The molecule has 0 saturated carbocycles. The van der Waals surface area contributed by atoms with Crippen molar-refractivity contribution in [2.24, 2.45) is 5.92 Å². The van der Waals surface area contributed by atoms with Crippen LogP contribution in [-0.4, -0.2) is 18.4 Å². The first-order chi connectivity index (χ1) is 12.5. The SMILES string of the molecule is Cc1cccc(CNC(=O)C2CCN(c3ccc(C(C)C)cc3)C2=O)c1. The lowest BCUT2D eigenvalue weighted by molar-refractivity contribution is -0.132. The lowest BCUT2D eigenvalue weighted by Gasteiger charge is -2.18. The van der Waals surface area contributed by atoms with E-state index in [9.17, 15) is 9.59 Å². The lowest BCUT2D eigenvalue weighted by Crippen LogP contribution is -2.36. The van der Waals surface area contributed by atoms with E-state index >= 15 is 0 Å². The molecule has 1 heterocycles. The minimum Gasteiger partial charge on any atom is -0.351 e. The van der Waals surface area contributed by atoms with Gasteiger partial charge in [0.05, 0.1) is 0 Å². The minimum absolute atomic E-state index is 0.107. The smallest absolute Gasteiger partial charge is 0.239 e. The van der Waals surface area contributed by atoms with Crippen LogP contribution in [0.1, 0.15) is 42.9 Å². The summed E-state index contributed by atoms with van der Waals surface area (Å²) in [4.78, 5) is 26.9. The summed E-state index contributed by atoms with van der Waals surface area (Å²) in [5, 5.41) is 2.91. The summed E-state index contributed by atoms with van der Waals surface area (Å²) in [5.74, 6) is -0.426. The number of carbonyl (C=O) groups excluding carboxylic acids is 2. The molecule has 0 aliphatic carbocycles. The van der Waals surface area contributed by atoms with Crippen molar-refractivity contribution >= 4 is 17.5 Å². The van der Waals surface area contributed by atoms with E-state index in [0.29, 0.717) is 25.4 Å². The molecular weight excluding hydrogens is 324 g/mol. The highest BCUT2D eigenvalue weighted by atomic mass is 16.2. The third kappa shape index (κ3) is 3.96. The van der Waals surface area contributed by atoms with Crippen molar-refractivity contribution in [2.45, 2.75) is 39.7 Å². The Morgan fingerprint density at radius 1 is 1.19 bits per heavy atom. The van der Waals surface area contributed by atoms with Crippen molar-refractivity contribution in [1.29, 1.82) is 0 Å². The first-order valence-electron chi connectivity index (χ1n) is 9.20.